The van der Waals surface area contributed by atoms with Crippen molar-refractivity contribution in [1.82, 2.24) is 25.4 Å². The van der Waals surface area contributed by atoms with Crippen LogP contribution in [-0.4, -0.2) is 27.8 Å². The Morgan fingerprint density at radius 1 is 1.26 bits per heavy atom. The van der Waals surface area contributed by atoms with Gasteiger partial charge in [-0.25, -0.2) is 0 Å². The lowest BCUT2D eigenvalue weighted by Crippen LogP contribution is -2.37. The van der Waals surface area contributed by atoms with Crippen LogP contribution in [-0.2, 0) is 26.1 Å². The minimum absolute atomic E-state index is 0. The number of fused-ring (bicyclic) bond motifs is 1. The lowest BCUT2D eigenvalue weighted by atomic mass is 10.2. The molecule has 0 saturated carbocycles. The third kappa shape index (κ3) is 4.35. The van der Waals surface area contributed by atoms with Gasteiger partial charge >= 0.3 is 0 Å². The zero-order chi connectivity index (χ0) is 15.4. The van der Waals surface area contributed by atoms with Gasteiger partial charge in [0, 0.05) is 31.6 Å². The van der Waals surface area contributed by atoms with E-state index in [1.165, 1.54) is 0 Å². The maximum Gasteiger partial charge on any atom is 0.191 e. The molecule has 0 unspecified atom stereocenters. The Balaban J connectivity index is 0.00000192. The zero-order valence-corrected chi connectivity index (χ0v) is 16.0. The molecular weight excluding hydrogens is 427 g/mol. The number of aryl methyl sites for hydroxylation is 1. The quantitative estimate of drug-likeness (QED) is 0.430. The van der Waals surface area contributed by atoms with Crippen LogP contribution in [0.4, 0.5) is 0 Å². The topological polar surface area (TPSA) is 67.1 Å². The Morgan fingerprint density at radius 3 is 2.83 bits per heavy atom. The van der Waals surface area contributed by atoms with Gasteiger partial charge in [0.05, 0.1) is 6.54 Å². The van der Waals surface area contributed by atoms with E-state index in [0.717, 1.165) is 47.6 Å². The van der Waals surface area contributed by atoms with Gasteiger partial charge in [-0.3, -0.25) is 4.99 Å². The number of rotatable bonds is 4. The van der Waals surface area contributed by atoms with Gasteiger partial charge in [0.2, 0.25) is 0 Å². The summed E-state index contributed by atoms with van der Waals surface area (Å²) in [5.41, 5.74) is 1.04. The standard InChI is InChI=1S/C15H19ClN6.HI/c1-17-15(18-9-11-5-2-3-6-12(11)16)19-10-14-21-20-13-7-4-8-22(13)14;/h2-3,5-6H,4,7-10H2,1H3,(H2,17,18,19);1H. The van der Waals surface area contributed by atoms with Crippen LogP contribution in [0.5, 0.6) is 0 Å². The maximum atomic E-state index is 6.15. The predicted molar refractivity (Wildman–Crippen MR) is 102 cm³/mol. The Hall–Kier alpha value is -1.35. The van der Waals surface area contributed by atoms with Crippen molar-refractivity contribution in [3.63, 3.8) is 0 Å². The molecule has 6 nitrogen and oxygen atoms in total. The average molecular weight is 447 g/mol. The van der Waals surface area contributed by atoms with Crippen LogP contribution in [0.15, 0.2) is 29.3 Å². The highest BCUT2D eigenvalue weighted by Crippen LogP contribution is 2.15. The van der Waals surface area contributed by atoms with Gasteiger partial charge in [-0.15, -0.1) is 34.2 Å². The Morgan fingerprint density at radius 2 is 2.04 bits per heavy atom. The van der Waals surface area contributed by atoms with Crippen molar-refractivity contribution < 1.29 is 0 Å². The minimum Gasteiger partial charge on any atom is -0.352 e. The summed E-state index contributed by atoms with van der Waals surface area (Å²) in [6, 6.07) is 7.77. The molecule has 0 radical (unpaired) electrons. The van der Waals surface area contributed by atoms with Crippen LogP contribution in [0.2, 0.25) is 5.02 Å². The van der Waals surface area contributed by atoms with Gasteiger partial charge in [-0.1, -0.05) is 29.8 Å². The van der Waals surface area contributed by atoms with E-state index in [-0.39, 0.29) is 24.0 Å². The second kappa shape index (κ2) is 8.49. The molecule has 1 aromatic carbocycles. The molecule has 0 saturated heterocycles. The fourth-order valence-corrected chi connectivity index (χ4v) is 2.75. The van der Waals surface area contributed by atoms with Crippen molar-refractivity contribution in [3.05, 3.63) is 46.5 Å². The molecule has 124 valence electrons. The SMILES string of the molecule is CN=C(NCc1ccccc1Cl)NCc1nnc2n1CCC2.I. The number of hydrogen-bond donors (Lipinski definition) is 2. The molecule has 1 aliphatic rings. The van der Waals surface area contributed by atoms with E-state index in [4.69, 9.17) is 11.6 Å². The first-order chi connectivity index (χ1) is 10.8. The molecule has 2 N–H and O–H groups in total. The van der Waals surface area contributed by atoms with Gasteiger partial charge in [0.25, 0.3) is 0 Å². The smallest absolute Gasteiger partial charge is 0.191 e. The van der Waals surface area contributed by atoms with Crippen molar-refractivity contribution >= 4 is 41.5 Å². The first kappa shape index (κ1) is 18.0. The van der Waals surface area contributed by atoms with E-state index in [0.29, 0.717) is 13.1 Å². The van der Waals surface area contributed by atoms with Gasteiger partial charge in [0.1, 0.15) is 5.82 Å². The lowest BCUT2D eigenvalue weighted by Gasteiger charge is -2.12. The number of halogens is 2. The molecule has 0 spiro atoms. The molecule has 0 aliphatic carbocycles. The molecule has 2 heterocycles. The van der Waals surface area contributed by atoms with Crippen molar-refractivity contribution in [2.45, 2.75) is 32.5 Å². The molecule has 0 fully saturated rings. The predicted octanol–water partition coefficient (Wildman–Crippen LogP) is 2.36. The number of aromatic nitrogens is 3. The van der Waals surface area contributed by atoms with Gasteiger partial charge in [-0.2, -0.15) is 0 Å². The first-order valence-electron chi connectivity index (χ1n) is 7.37. The highest BCUT2D eigenvalue weighted by atomic mass is 127. The van der Waals surface area contributed by atoms with E-state index in [2.05, 4.69) is 30.4 Å². The van der Waals surface area contributed by atoms with Crippen LogP contribution in [0.1, 0.15) is 23.6 Å². The third-order valence-electron chi connectivity index (χ3n) is 3.73. The summed E-state index contributed by atoms with van der Waals surface area (Å²) < 4.78 is 2.17. The van der Waals surface area contributed by atoms with Crippen LogP contribution in [0.3, 0.4) is 0 Å². The second-order valence-corrected chi connectivity index (χ2v) is 5.57. The molecule has 8 heteroatoms. The third-order valence-corrected chi connectivity index (χ3v) is 4.10. The second-order valence-electron chi connectivity index (χ2n) is 5.16. The Bertz CT molecular complexity index is 684. The highest BCUT2D eigenvalue weighted by Gasteiger charge is 2.17. The monoisotopic (exact) mass is 446 g/mol. The van der Waals surface area contributed by atoms with Crippen molar-refractivity contribution in [2.75, 3.05) is 7.05 Å². The molecule has 0 bridgehead atoms. The van der Waals surface area contributed by atoms with E-state index in [1.807, 2.05) is 24.3 Å². The lowest BCUT2D eigenvalue weighted by molar-refractivity contribution is 0.663. The molecule has 0 atom stereocenters. The molecule has 0 amide bonds. The van der Waals surface area contributed by atoms with E-state index in [1.54, 1.807) is 7.05 Å². The molecule has 3 rings (SSSR count). The van der Waals surface area contributed by atoms with Crippen LogP contribution in [0, 0.1) is 0 Å². The summed E-state index contributed by atoms with van der Waals surface area (Å²) in [5.74, 6) is 2.75. The minimum atomic E-state index is 0. The summed E-state index contributed by atoms with van der Waals surface area (Å²) in [7, 11) is 1.75. The summed E-state index contributed by atoms with van der Waals surface area (Å²) >= 11 is 6.15. The van der Waals surface area contributed by atoms with Crippen molar-refractivity contribution in [1.29, 1.82) is 0 Å². The number of aliphatic imine (C=N–C) groups is 1. The summed E-state index contributed by atoms with van der Waals surface area (Å²) in [4.78, 5) is 4.22. The number of hydrogen-bond acceptors (Lipinski definition) is 3. The number of nitrogens with one attached hydrogen (secondary N) is 2. The number of guanidine groups is 1. The van der Waals surface area contributed by atoms with Crippen molar-refractivity contribution in [3.8, 4) is 0 Å². The molecule has 1 aromatic heterocycles. The summed E-state index contributed by atoms with van der Waals surface area (Å²) in [5, 5.41) is 15.7. The van der Waals surface area contributed by atoms with Gasteiger partial charge < -0.3 is 15.2 Å². The Labute approximate surface area is 157 Å². The van der Waals surface area contributed by atoms with Gasteiger partial charge in [0.15, 0.2) is 11.8 Å². The number of nitrogens with zero attached hydrogens (tertiary/aromatic N) is 4. The van der Waals surface area contributed by atoms with E-state index in [9.17, 15) is 0 Å². The Kier molecular flexibility index (Phi) is 6.64. The summed E-state index contributed by atoms with van der Waals surface area (Å²) in [6.07, 6.45) is 2.17. The number of benzene rings is 1. The normalized spacial score (nSPS) is 13.4. The summed E-state index contributed by atoms with van der Waals surface area (Å²) in [6.45, 7) is 2.23. The first-order valence-corrected chi connectivity index (χ1v) is 7.74. The van der Waals surface area contributed by atoms with Crippen LogP contribution >= 0.6 is 35.6 Å². The highest BCUT2D eigenvalue weighted by molar-refractivity contribution is 14.0. The molecule has 2 aromatic rings. The largest absolute Gasteiger partial charge is 0.352 e. The fraction of sp³-hybridized carbons (Fsp3) is 0.400. The fourth-order valence-electron chi connectivity index (χ4n) is 2.55. The molecule has 1 aliphatic heterocycles. The van der Waals surface area contributed by atoms with Crippen LogP contribution < -0.4 is 10.6 Å². The zero-order valence-electron chi connectivity index (χ0n) is 12.9. The van der Waals surface area contributed by atoms with E-state index >= 15 is 0 Å². The van der Waals surface area contributed by atoms with Gasteiger partial charge in [-0.05, 0) is 18.1 Å². The van der Waals surface area contributed by atoms with Crippen LogP contribution in [0.25, 0.3) is 0 Å². The van der Waals surface area contributed by atoms with E-state index < -0.39 is 0 Å². The average Bonchev–Trinajstić information content (AvgIpc) is 3.13. The molecular formula is C15H20ClIN6. The molecule has 23 heavy (non-hydrogen) atoms. The van der Waals surface area contributed by atoms with Crippen molar-refractivity contribution in [2.24, 2.45) is 4.99 Å². The maximum absolute atomic E-state index is 6.15.